The van der Waals surface area contributed by atoms with Gasteiger partial charge in [-0.3, -0.25) is 0 Å². The Balaban J connectivity index is 2.70. The summed E-state index contributed by atoms with van der Waals surface area (Å²) in [4.78, 5) is 15.8. The van der Waals surface area contributed by atoms with Crippen molar-refractivity contribution in [1.29, 1.82) is 0 Å². The van der Waals surface area contributed by atoms with Gasteiger partial charge < -0.3 is 10.6 Å². The highest BCUT2D eigenvalue weighted by atomic mass is 32.1. The first-order valence-electron chi connectivity index (χ1n) is 4.72. The molecular formula is C9H13N5S. The Kier molecular flexibility index (Phi) is 2.44. The zero-order valence-electron chi connectivity index (χ0n) is 8.98. The Hall–Kier alpha value is -1.43. The van der Waals surface area contributed by atoms with Crippen molar-refractivity contribution in [2.45, 2.75) is 13.3 Å². The minimum Gasteiger partial charge on any atom is -0.375 e. The van der Waals surface area contributed by atoms with Gasteiger partial charge in [0.05, 0.1) is 5.69 Å². The predicted octanol–water partition coefficient (Wildman–Crippen LogP) is 1.30. The molecule has 0 aliphatic rings. The lowest BCUT2D eigenvalue weighted by molar-refractivity contribution is 0.961. The molecule has 0 radical (unpaired) electrons. The molecule has 2 aromatic rings. The summed E-state index contributed by atoms with van der Waals surface area (Å²) in [5, 5.41) is 0.546. The van der Waals surface area contributed by atoms with E-state index in [0.29, 0.717) is 11.1 Å². The number of hydrogen-bond donors (Lipinski definition) is 1. The normalized spacial score (nSPS) is 10.9. The lowest BCUT2D eigenvalue weighted by atomic mass is 10.3. The lowest BCUT2D eigenvalue weighted by Crippen LogP contribution is -2.13. The Labute approximate surface area is 92.0 Å². The third kappa shape index (κ3) is 1.72. The van der Waals surface area contributed by atoms with Crippen LogP contribution in [0.15, 0.2) is 0 Å². The summed E-state index contributed by atoms with van der Waals surface area (Å²) in [6.45, 7) is 2.05. The molecule has 0 amide bonds. The van der Waals surface area contributed by atoms with Crippen molar-refractivity contribution in [2.24, 2.45) is 0 Å². The van der Waals surface area contributed by atoms with Gasteiger partial charge in [-0.25, -0.2) is 9.97 Å². The molecular weight excluding hydrogens is 210 g/mol. The highest BCUT2D eigenvalue weighted by molar-refractivity contribution is 7.21. The van der Waals surface area contributed by atoms with Crippen molar-refractivity contribution in [3.63, 3.8) is 0 Å². The van der Waals surface area contributed by atoms with E-state index in [-0.39, 0.29) is 0 Å². The maximum absolute atomic E-state index is 5.67. The standard InChI is InChI=1S/C9H13N5S/c1-4-5-6-7(15-8(10)12-6)13-9(11-5)14(2)3/h4H2,1-3H3,(H2,10,12). The second-order valence-corrected chi connectivity index (χ2v) is 4.43. The van der Waals surface area contributed by atoms with Crippen LogP contribution in [-0.2, 0) is 6.42 Å². The molecule has 2 N–H and O–H groups in total. The Morgan fingerprint density at radius 3 is 2.60 bits per heavy atom. The number of hydrogen-bond acceptors (Lipinski definition) is 6. The number of nitrogens with two attached hydrogens (primary N) is 1. The third-order valence-electron chi connectivity index (χ3n) is 2.07. The van der Waals surface area contributed by atoms with Gasteiger partial charge in [-0.15, -0.1) is 0 Å². The first-order chi connectivity index (χ1) is 7.11. The summed E-state index contributed by atoms with van der Waals surface area (Å²) >= 11 is 1.40. The third-order valence-corrected chi connectivity index (χ3v) is 2.85. The summed E-state index contributed by atoms with van der Waals surface area (Å²) in [5.41, 5.74) is 7.46. The maximum Gasteiger partial charge on any atom is 0.226 e. The Morgan fingerprint density at radius 1 is 1.27 bits per heavy atom. The fourth-order valence-corrected chi connectivity index (χ4v) is 2.05. The van der Waals surface area contributed by atoms with Gasteiger partial charge in [0, 0.05) is 14.1 Å². The molecule has 6 heteroatoms. The fourth-order valence-electron chi connectivity index (χ4n) is 1.33. The second-order valence-electron chi connectivity index (χ2n) is 3.42. The maximum atomic E-state index is 5.67. The number of fused-ring (bicyclic) bond motifs is 1. The van der Waals surface area contributed by atoms with Gasteiger partial charge in [-0.05, 0) is 6.42 Å². The molecule has 0 fully saturated rings. The molecule has 0 saturated carbocycles. The second kappa shape index (κ2) is 3.62. The van der Waals surface area contributed by atoms with Crippen LogP contribution in [0, 0.1) is 0 Å². The molecule has 0 aliphatic carbocycles. The number of aromatic nitrogens is 3. The number of nitrogens with zero attached hydrogens (tertiary/aromatic N) is 4. The van der Waals surface area contributed by atoms with Gasteiger partial charge in [0.2, 0.25) is 5.95 Å². The smallest absolute Gasteiger partial charge is 0.226 e. The van der Waals surface area contributed by atoms with E-state index < -0.39 is 0 Å². The van der Waals surface area contributed by atoms with Crippen LogP contribution in [0.1, 0.15) is 12.6 Å². The number of anilines is 2. The molecule has 0 spiro atoms. The van der Waals surface area contributed by atoms with Gasteiger partial charge in [0.1, 0.15) is 5.52 Å². The first-order valence-corrected chi connectivity index (χ1v) is 5.53. The first kappa shape index (κ1) is 10.1. The number of rotatable bonds is 2. The number of thiazole rings is 1. The van der Waals surface area contributed by atoms with E-state index in [4.69, 9.17) is 5.73 Å². The van der Waals surface area contributed by atoms with Crippen molar-refractivity contribution in [1.82, 2.24) is 15.0 Å². The predicted molar refractivity (Wildman–Crippen MR) is 63.3 cm³/mol. The molecule has 0 atom stereocenters. The Bertz CT molecular complexity index is 490. The van der Waals surface area contributed by atoms with Gasteiger partial charge in [0.25, 0.3) is 0 Å². The fraction of sp³-hybridized carbons (Fsp3) is 0.444. The lowest BCUT2D eigenvalue weighted by Gasteiger charge is -2.10. The highest BCUT2D eigenvalue weighted by Gasteiger charge is 2.11. The summed E-state index contributed by atoms with van der Waals surface area (Å²) in [6, 6.07) is 0. The molecule has 0 unspecified atom stereocenters. The van der Waals surface area contributed by atoms with Crippen molar-refractivity contribution < 1.29 is 0 Å². The topological polar surface area (TPSA) is 67.9 Å². The Morgan fingerprint density at radius 2 is 2.00 bits per heavy atom. The van der Waals surface area contributed by atoms with Gasteiger partial charge in [0.15, 0.2) is 9.96 Å². The SMILES string of the molecule is CCc1nc(N(C)C)nc2sc(N)nc12. The average Bonchev–Trinajstić information content (AvgIpc) is 2.56. The van der Waals surface area contributed by atoms with Crippen LogP contribution in [0.3, 0.4) is 0 Å². The molecule has 2 heterocycles. The van der Waals surface area contributed by atoms with Crippen LogP contribution < -0.4 is 10.6 Å². The molecule has 0 bridgehead atoms. The van der Waals surface area contributed by atoms with Crippen molar-refractivity contribution in [3.8, 4) is 0 Å². The zero-order valence-corrected chi connectivity index (χ0v) is 9.80. The van der Waals surface area contributed by atoms with Gasteiger partial charge >= 0.3 is 0 Å². The minimum atomic E-state index is 0.546. The molecule has 0 aromatic carbocycles. The average molecular weight is 223 g/mol. The van der Waals surface area contributed by atoms with Gasteiger partial charge in [-0.1, -0.05) is 18.3 Å². The van der Waals surface area contributed by atoms with Crippen LogP contribution in [-0.4, -0.2) is 29.0 Å². The van der Waals surface area contributed by atoms with Gasteiger partial charge in [-0.2, -0.15) is 4.98 Å². The molecule has 2 aromatic heterocycles. The summed E-state index contributed by atoms with van der Waals surface area (Å²) in [5.74, 6) is 0.711. The van der Waals surface area contributed by atoms with Crippen LogP contribution in [0.25, 0.3) is 10.3 Å². The van der Waals surface area contributed by atoms with Crippen LogP contribution in [0.5, 0.6) is 0 Å². The molecule has 15 heavy (non-hydrogen) atoms. The van der Waals surface area contributed by atoms with E-state index in [2.05, 4.69) is 21.9 Å². The van der Waals surface area contributed by atoms with Crippen LogP contribution >= 0.6 is 11.3 Å². The highest BCUT2D eigenvalue weighted by Crippen LogP contribution is 2.25. The summed E-state index contributed by atoms with van der Waals surface area (Å²) in [7, 11) is 3.84. The van der Waals surface area contributed by atoms with Crippen molar-refractivity contribution in [3.05, 3.63) is 5.69 Å². The van der Waals surface area contributed by atoms with E-state index in [1.807, 2.05) is 19.0 Å². The minimum absolute atomic E-state index is 0.546. The van der Waals surface area contributed by atoms with Crippen molar-refractivity contribution in [2.75, 3.05) is 24.7 Å². The molecule has 5 nitrogen and oxygen atoms in total. The molecule has 0 aliphatic heterocycles. The molecule has 0 saturated heterocycles. The van der Waals surface area contributed by atoms with Crippen LogP contribution in [0.4, 0.5) is 11.1 Å². The van der Waals surface area contributed by atoms with Crippen LogP contribution in [0.2, 0.25) is 0 Å². The quantitative estimate of drug-likeness (QED) is 0.831. The van der Waals surface area contributed by atoms with E-state index in [0.717, 1.165) is 22.5 Å². The number of nitrogen functional groups attached to an aromatic ring is 1. The summed E-state index contributed by atoms with van der Waals surface area (Å²) in [6.07, 6.45) is 0.836. The van der Waals surface area contributed by atoms with E-state index >= 15 is 0 Å². The number of aryl methyl sites for hydroxylation is 1. The monoisotopic (exact) mass is 223 g/mol. The summed E-state index contributed by atoms with van der Waals surface area (Å²) < 4.78 is 0. The van der Waals surface area contributed by atoms with E-state index in [9.17, 15) is 0 Å². The largest absolute Gasteiger partial charge is 0.375 e. The molecule has 80 valence electrons. The zero-order chi connectivity index (χ0) is 11.0. The van der Waals surface area contributed by atoms with Crippen molar-refractivity contribution >= 4 is 32.8 Å². The van der Waals surface area contributed by atoms with E-state index in [1.165, 1.54) is 11.3 Å². The van der Waals surface area contributed by atoms with E-state index in [1.54, 1.807) is 0 Å². The molecule has 2 rings (SSSR count).